The predicted octanol–water partition coefficient (Wildman–Crippen LogP) is 5.28. The predicted molar refractivity (Wildman–Crippen MR) is 115 cm³/mol. The van der Waals surface area contributed by atoms with Crippen molar-refractivity contribution in [2.45, 2.75) is 34.1 Å². The summed E-state index contributed by atoms with van der Waals surface area (Å²) in [4.78, 5) is 24.7. The number of rotatable bonds is 4. The fourth-order valence-corrected chi connectivity index (χ4v) is 2.63. The molecule has 0 heterocycles. The maximum Gasteiger partial charge on any atom is 0.257 e. The van der Waals surface area contributed by atoms with Gasteiger partial charge in [0.15, 0.2) is 0 Å². The molecule has 4 N–H and O–H groups in total. The van der Waals surface area contributed by atoms with Gasteiger partial charge in [-0.05, 0) is 48.2 Å². The topological polar surface area (TPSA) is 84.2 Å². The minimum absolute atomic E-state index is 0. The van der Waals surface area contributed by atoms with Gasteiger partial charge in [-0.25, -0.2) is 0 Å². The Bertz CT molecular complexity index is 846. The summed E-state index contributed by atoms with van der Waals surface area (Å²) in [5.74, 6) is -0.478. The summed E-state index contributed by atoms with van der Waals surface area (Å²) in [5, 5.41) is 5.92. The SMILES string of the molecule is Cc1ccc(N)cc1NC(=O)c1cc(NC(=O)CC(C)(C)C)ccc1Cl.Cl. The van der Waals surface area contributed by atoms with Gasteiger partial charge in [-0.15, -0.1) is 12.4 Å². The van der Waals surface area contributed by atoms with Gasteiger partial charge in [-0.2, -0.15) is 0 Å². The molecule has 2 rings (SSSR count). The van der Waals surface area contributed by atoms with Crippen LogP contribution in [0.4, 0.5) is 17.1 Å². The van der Waals surface area contributed by atoms with E-state index in [0.29, 0.717) is 28.5 Å². The van der Waals surface area contributed by atoms with Gasteiger partial charge in [0.2, 0.25) is 5.91 Å². The molecule has 5 nitrogen and oxygen atoms in total. The zero-order valence-corrected chi connectivity index (χ0v) is 17.4. The van der Waals surface area contributed by atoms with Gasteiger partial charge >= 0.3 is 0 Å². The van der Waals surface area contributed by atoms with Crippen LogP contribution in [-0.4, -0.2) is 11.8 Å². The van der Waals surface area contributed by atoms with E-state index in [4.69, 9.17) is 17.3 Å². The Hall–Kier alpha value is -2.24. The molecule has 0 atom stereocenters. The van der Waals surface area contributed by atoms with E-state index in [1.54, 1.807) is 30.3 Å². The van der Waals surface area contributed by atoms with Crippen LogP contribution in [0.25, 0.3) is 0 Å². The average molecular weight is 410 g/mol. The van der Waals surface area contributed by atoms with Gasteiger partial charge in [-0.1, -0.05) is 38.4 Å². The smallest absolute Gasteiger partial charge is 0.257 e. The lowest BCUT2D eigenvalue weighted by molar-refractivity contribution is -0.117. The Morgan fingerprint density at radius 3 is 2.37 bits per heavy atom. The highest BCUT2D eigenvalue weighted by atomic mass is 35.5. The largest absolute Gasteiger partial charge is 0.399 e. The number of carbonyl (C=O) groups is 2. The van der Waals surface area contributed by atoms with E-state index in [0.717, 1.165) is 5.56 Å². The van der Waals surface area contributed by atoms with Crippen molar-refractivity contribution in [2.75, 3.05) is 16.4 Å². The first-order valence-corrected chi connectivity index (χ1v) is 8.70. The molecular formula is C20H25Cl2N3O2. The number of anilines is 3. The number of nitrogens with one attached hydrogen (secondary N) is 2. The molecule has 0 aliphatic carbocycles. The monoisotopic (exact) mass is 409 g/mol. The maximum absolute atomic E-state index is 12.6. The minimum Gasteiger partial charge on any atom is -0.399 e. The van der Waals surface area contributed by atoms with Crippen LogP contribution >= 0.6 is 24.0 Å². The third kappa shape index (κ3) is 6.77. The molecule has 146 valence electrons. The quantitative estimate of drug-likeness (QED) is 0.600. The van der Waals surface area contributed by atoms with Crippen molar-refractivity contribution in [1.29, 1.82) is 0 Å². The van der Waals surface area contributed by atoms with E-state index >= 15 is 0 Å². The van der Waals surface area contributed by atoms with E-state index < -0.39 is 0 Å². The van der Waals surface area contributed by atoms with Crippen molar-refractivity contribution in [3.63, 3.8) is 0 Å². The number of benzene rings is 2. The summed E-state index contributed by atoms with van der Waals surface area (Å²) < 4.78 is 0. The third-order valence-electron chi connectivity index (χ3n) is 3.70. The Morgan fingerprint density at radius 2 is 1.74 bits per heavy atom. The highest BCUT2D eigenvalue weighted by Crippen LogP contribution is 2.25. The molecule has 0 saturated carbocycles. The lowest BCUT2D eigenvalue weighted by Gasteiger charge is -2.17. The van der Waals surface area contributed by atoms with Gasteiger partial charge in [-0.3, -0.25) is 9.59 Å². The van der Waals surface area contributed by atoms with Gasteiger partial charge in [0, 0.05) is 23.5 Å². The number of nitrogen functional groups attached to an aromatic ring is 1. The number of halogens is 2. The summed E-state index contributed by atoms with van der Waals surface area (Å²) >= 11 is 6.17. The first kappa shape index (κ1) is 22.8. The van der Waals surface area contributed by atoms with Crippen LogP contribution in [0.3, 0.4) is 0 Å². The van der Waals surface area contributed by atoms with Gasteiger partial charge in [0.05, 0.1) is 10.6 Å². The van der Waals surface area contributed by atoms with Crippen LogP contribution in [0.1, 0.15) is 43.1 Å². The molecule has 0 bridgehead atoms. The summed E-state index contributed by atoms with van der Waals surface area (Å²) in [7, 11) is 0. The molecule has 0 aliphatic heterocycles. The van der Waals surface area contributed by atoms with E-state index in [-0.39, 0.29) is 35.2 Å². The second kappa shape index (κ2) is 9.11. The van der Waals surface area contributed by atoms with Crippen LogP contribution in [-0.2, 0) is 4.79 Å². The third-order valence-corrected chi connectivity index (χ3v) is 4.03. The number of carbonyl (C=O) groups excluding carboxylic acids is 2. The zero-order chi connectivity index (χ0) is 19.5. The molecule has 0 fully saturated rings. The fourth-order valence-electron chi connectivity index (χ4n) is 2.43. The second-order valence-electron chi connectivity index (χ2n) is 7.51. The molecule has 0 spiro atoms. The standard InChI is InChI=1S/C20H24ClN3O2.ClH/c1-12-5-6-13(22)9-17(12)24-19(26)15-10-14(7-8-16(15)21)23-18(25)11-20(2,3)4;/h5-10H,11,22H2,1-4H3,(H,23,25)(H,24,26);1H. The number of nitrogens with two attached hydrogens (primary N) is 1. The van der Waals surface area contributed by atoms with Gasteiger partial charge < -0.3 is 16.4 Å². The van der Waals surface area contributed by atoms with Crippen molar-refractivity contribution in [1.82, 2.24) is 0 Å². The number of hydrogen-bond donors (Lipinski definition) is 3. The van der Waals surface area contributed by atoms with E-state index in [9.17, 15) is 9.59 Å². The summed E-state index contributed by atoms with van der Waals surface area (Å²) in [5.41, 5.74) is 8.52. The zero-order valence-electron chi connectivity index (χ0n) is 15.9. The fraction of sp³-hybridized carbons (Fsp3) is 0.300. The summed E-state index contributed by atoms with van der Waals surface area (Å²) in [6.07, 6.45) is 0.375. The van der Waals surface area contributed by atoms with Crippen LogP contribution in [0, 0.1) is 12.3 Å². The van der Waals surface area contributed by atoms with Crippen LogP contribution < -0.4 is 16.4 Å². The number of hydrogen-bond acceptors (Lipinski definition) is 3. The Morgan fingerprint density at radius 1 is 1.07 bits per heavy atom. The van der Waals surface area contributed by atoms with Crippen LogP contribution in [0.5, 0.6) is 0 Å². The van der Waals surface area contributed by atoms with Crippen molar-refractivity contribution in [2.24, 2.45) is 5.41 Å². The number of amides is 2. The lowest BCUT2D eigenvalue weighted by atomic mass is 9.92. The highest BCUT2D eigenvalue weighted by Gasteiger charge is 2.17. The van der Waals surface area contributed by atoms with E-state index in [1.165, 1.54) is 0 Å². The molecule has 7 heteroatoms. The van der Waals surface area contributed by atoms with Crippen LogP contribution in [0.2, 0.25) is 5.02 Å². The highest BCUT2D eigenvalue weighted by molar-refractivity contribution is 6.34. The Balaban J connectivity index is 0.00000364. The molecule has 0 aromatic heterocycles. The summed E-state index contributed by atoms with van der Waals surface area (Å²) in [6.45, 7) is 7.84. The normalized spacial score (nSPS) is 10.7. The molecule has 2 aromatic rings. The van der Waals surface area contributed by atoms with Crippen molar-refractivity contribution in [3.8, 4) is 0 Å². The minimum atomic E-state index is -0.365. The average Bonchev–Trinajstić information content (AvgIpc) is 2.51. The second-order valence-corrected chi connectivity index (χ2v) is 7.92. The van der Waals surface area contributed by atoms with Gasteiger partial charge in [0.25, 0.3) is 5.91 Å². The Kier molecular flexibility index (Phi) is 7.69. The summed E-state index contributed by atoms with van der Waals surface area (Å²) in [6, 6.07) is 10.1. The molecule has 0 radical (unpaired) electrons. The van der Waals surface area contributed by atoms with Crippen molar-refractivity contribution >= 4 is 52.9 Å². The molecule has 27 heavy (non-hydrogen) atoms. The molecule has 2 amide bonds. The van der Waals surface area contributed by atoms with Crippen molar-refractivity contribution < 1.29 is 9.59 Å². The van der Waals surface area contributed by atoms with E-state index in [1.807, 2.05) is 33.8 Å². The van der Waals surface area contributed by atoms with Crippen molar-refractivity contribution in [3.05, 3.63) is 52.5 Å². The van der Waals surface area contributed by atoms with E-state index in [2.05, 4.69) is 10.6 Å². The molecule has 0 aliphatic rings. The Labute approximate surface area is 171 Å². The molecule has 0 saturated heterocycles. The molecule has 2 aromatic carbocycles. The number of aryl methyl sites for hydroxylation is 1. The first-order chi connectivity index (χ1) is 12.0. The molecular weight excluding hydrogens is 385 g/mol. The maximum atomic E-state index is 12.6. The van der Waals surface area contributed by atoms with Gasteiger partial charge in [0.1, 0.15) is 0 Å². The first-order valence-electron chi connectivity index (χ1n) is 8.32. The van der Waals surface area contributed by atoms with Crippen LogP contribution in [0.15, 0.2) is 36.4 Å². The molecule has 0 unspecified atom stereocenters. The lowest BCUT2D eigenvalue weighted by Crippen LogP contribution is -2.20.